The largest absolute Gasteiger partial charge is 0.311 e. The first kappa shape index (κ1) is 34.7. The Bertz CT molecular complexity index is 2310. The second kappa shape index (κ2) is 11.6. The van der Waals surface area contributed by atoms with E-state index in [1.807, 2.05) is 17.5 Å². The van der Waals surface area contributed by atoms with Crippen LogP contribution in [0, 0.1) is 0 Å². The average molecular weight is 702 g/mol. The van der Waals surface area contributed by atoms with Crippen LogP contribution in [0.2, 0.25) is 0 Å². The predicted octanol–water partition coefficient (Wildman–Crippen LogP) is 11.6. The lowest BCUT2D eigenvalue weighted by molar-refractivity contribution is 0.568. The number of thiophene rings is 1. The van der Waals surface area contributed by atoms with Crippen molar-refractivity contribution in [1.29, 1.82) is 0 Å². The number of hydrogen-bond donors (Lipinski definition) is 0. The summed E-state index contributed by atoms with van der Waals surface area (Å²) in [5.74, 6) is 0. The molecular formula is C47H52BN3S. The number of hydrogen-bond acceptors (Lipinski definition) is 4. The summed E-state index contributed by atoms with van der Waals surface area (Å²) in [5.41, 5.74) is 15.5. The molecule has 0 atom stereocenters. The minimum absolute atomic E-state index is 0.00255. The van der Waals surface area contributed by atoms with Gasteiger partial charge in [-0.25, -0.2) is 4.98 Å². The summed E-state index contributed by atoms with van der Waals surface area (Å²) < 4.78 is 1.36. The molecule has 0 aliphatic carbocycles. The van der Waals surface area contributed by atoms with Crippen molar-refractivity contribution >= 4 is 78.1 Å². The Balaban J connectivity index is 1.47. The van der Waals surface area contributed by atoms with Gasteiger partial charge < -0.3 is 9.80 Å². The fourth-order valence-electron chi connectivity index (χ4n) is 7.96. The molecule has 52 heavy (non-hydrogen) atoms. The minimum atomic E-state index is -0.00980. The molecule has 264 valence electrons. The quantitative estimate of drug-likeness (QED) is 0.167. The molecule has 4 heterocycles. The van der Waals surface area contributed by atoms with Gasteiger partial charge in [-0.1, -0.05) is 119 Å². The first-order valence-electron chi connectivity index (χ1n) is 18.8. The summed E-state index contributed by atoms with van der Waals surface area (Å²) in [5, 5.41) is 1.21. The zero-order chi connectivity index (χ0) is 37.1. The molecule has 0 amide bonds. The molecule has 2 aliphatic rings. The third-order valence-corrected chi connectivity index (χ3v) is 12.3. The number of fused-ring (bicyclic) bond motifs is 6. The van der Waals surface area contributed by atoms with Crippen LogP contribution in [-0.4, -0.2) is 11.7 Å². The third-order valence-electron chi connectivity index (χ3n) is 11.1. The minimum Gasteiger partial charge on any atom is -0.311 e. The van der Waals surface area contributed by atoms with Crippen LogP contribution in [0.15, 0.2) is 97.2 Å². The fraction of sp³-hybridized carbons (Fsp3) is 0.340. The van der Waals surface area contributed by atoms with Crippen molar-refractivity contribution in [2.75, 3.05) is 9.80 Å². The maximum absolute atomic E-state index is 4.97. The Kier molecular flexibility index (Phi) is 7.73. The SMILES string of the molecule is CC(C)(C)c1cc(N2c3ccccc3B3c4sc5ncccc5c4N(c4cc(C(C)(C)C)cc(C(C)(C)C)c4)c4cccc2c43)cc(C(C)(C)C)c1. The van der Waals surface area contributed by atoms with E-state index in [4.69, 9.17) is 4.98 Å². The first-order chi connectivity index (χ1) is 24.3. The maximum Gasteiger partial charge on any atom is 0.264 e. The molecule has 8 rings (SSSR count). The van der Waals surface area contributed by atoms with Crippen LogP contribution in [0.4, 0.5) is 34.1 Å². The number of para-hydroxylation sites is 1. The van der Waals surface area contributed by atoms with E-state index < -0.39 is 0 Å². The van der Waals surface area contributed by atoms with E-state index in [0.717, 1.165) is 4.83 Å². The van der Waals surface area contributed by atoms with Gasteiger partial charge in [0.15, 0.2) is 0 Å². The Labute approximate surface area is 315 Å². The molecule has 5 heteroatoms. The number of rotatable bonds is 2. The van der Waals surface area contributed by atoms with Crippen molar-refractivity contribution in [2.45, 2.75) is 105 Å². The zero-order valence-corrected chi connectivity index (χ0v) is 33.9. The summed E-state index contributed by atoms with van der Waals surface area (Å²) in [6.07, 6.45) is 1.94. The fourth-order valence-corrected chi connectivity index (χ4v) is 9.22. The summed E-state index contributed by atoms with van der Waals surface area (Å²) in [6.45, 7) is 28.0. The van der Waals surface area contributed by atoms with Crippen LogP contribution >= 0.6 is 11.3 Å². The van der Waals surface area contributed by atoms with Crippen molar-refractivity contribution in [3.05, 3.63) is 119 Å². The van der Waals surface area contributed by atoms with Gasteiger partial charge in [-0.2, -0.15) is 0 Å². The number of pyridine rings is 1. The molecule has 0 saturated carbocycles. The highest BCUT2D eigenvalue weighted by Crippen LogP contribution is 2.49. The van der Waals surface area contributed by atoms with Crippen molar-refractivity contribution in [2.24, 2.45) is 0 Å². The van der Waals surface area contributed by atoms with Gasteiger partial charge in [0.1, 0.15) is 4.83 Å². The standard InChI is InChI=1S/C47H52BN3S/c1-44(2,3)29-23-30(45(4,5)6)26-33(25-29)50-37-19-14-13-18-36(37)48-40-38(50)20-15-21-39(40)51(41-35-17-16-22-49-43(35)52-42(41)48)34-27-31(46(7,8)9)24-32(28-34)47(10,11)12/h13-28H,1-12H3. The average Bonchev–Trinajstić information content (AvgIpc) is 3.45. The molecule has 0 radical (unpaired) electrons. The smallest absolute Gasteiger partial charge is 0.264 e. The highest BCUT2D eigenvalue weighted by Gasteiger charge is 2.45. The van der Waals surface area contributed by atoms with Crippen molar-refractivity contribution in [3.8, 4) is 0 Å². The van der Waals surface area contributed by atoms with E-state index >= 15 is 0 Å². The van der Waals surface area contributed by atoms with Gasteiger partial charge in [0.25, 0.3) is 6.71 Å². The number of nitrogens with zero attached hydrogens (tertiary/aromatic N) is 3. The van der Waals surface area contributed by atoms with Crippen LogP contribution in [0.25, 0.3) is 10.2 Å². The molecular weight excluding hydrogens is 649 g/mol. The lowest BCUT2D eigenvalue weighted by atomic mass is 9.36. The van der Waals surface area contributed by atoms with E-state index in [1.165, 1.54) is 77.5 Å². The van der Waals surface area contributed by atoms with E-state index in [0.29, 0.717) is 0 Å². The first-order valence-corrected chi connectivity index (χ1v) is 19.7. The van der Waals surface area contributed by atoms with Gasteiger partial charge in [-0.05, 0) is 109 Å². The van der Waals surface area contributed by atoms with Crippen LogP contribution in [-0.2, 0) is 21.7 Å². The normalized spacial score (nSPS) is 14.4. The Morgan fingerprint density at radius 2 is 1.00 bits per heavy atom. The summed E-state index contributed by atoms with van der Waals surface area (Å²) in [4.78, 5) is 11.2. The lowest BCUT2D eigenvalue weighted by Crippen LogP contribution is -2.60. The topological polar surface area (TPSA) is 19.4 Å². The Morgan fingerprint density at radius 3 is 1.54 bits per heavy atom. The van der Waals surface area contributed by atoms with Crippen molar-refractivity contribution in [3.63, 3.8) is 0 Å². The summed E-state index contributed by atoms with van der Waals surface area (Å²) in [7, 11) is 0. The molecule has 0 bridgehead atoms. The molecule has 0 fully saturated rings. The Hall–Kier alpha value is -4.35. The molecule has 4 aromatic carbocycles. The number of aromatic nitrogens is 1. The van der Waals surface area contributed by atoms with Crippen LogP contribution in [0.1, 0.15) is 105 Å². The molecule has 2 aromatic heterocycles. The second-order valence-electron chi connectivity index (χ2n) is 19.1. The lowest BCUT2D eigenvalue weighted by Gasteiger charge is -2.43. The van der Waals surface area contributed by atoms with Gasteiger partial charge in [-0.15, -0.1) is 11.3 Å². The van der Waals surface area contributed by atoms with Crippen molar-refractivity contribution < 1.29 is 0 Å². The van der Waals surface area contributed by atoms with Gasteiger partial charge in [0.05, 0.1) is 5.69 Å². The highest BCUT2D eigenvalue weighted by atomic mass is 32.1. The predicted molar refractivity (Wildman–Crippen MR) is 228 cm³/mol. The van der Waals surface area contributed by atoms with Gasteiger partial charge >= 0.3 is 0 Å². The zero-order valence-electron chi connectivity index (χ0n) is 33.1. The van der Waals surface area contributed by atoms with Gasteiger partial charge in [0.2, 0.25) is 0 Å². The molecule has 2 aliphatic heterocycles. The van der Waals surface area contributed by atoms with E-state index in [9.17, 15) is 0 Å². The molecule has 0 N–H and O–H groups in total. The van der Waals surface area contributed by atoms with Crippen molar-refractivity contribution in [1.82, 2.24) is 4.98 Å². The Morgan fingerprint density at radius 1 is 0.519 bits per heavy atom. The maximum atomic E-state index is 4.97. The number of benzene rings is 4. The van der Waals surface area contributed by atoms with Gasteiger partial charge in [-0.3, -0.25) is 0 Å². The van der Waals surface area contributed by atoms with Crippen LogP contribution in [0.3, 0.4) is 0 Å². The summed E-state index contributed by atoms with van der Waals surface area (Å²) in [6, 6.07) is 35.0. The monoisotopic (exact) mass is 701 g/mol. The van der Waals surface area contributed by atoms with E-state index in [-0.39, 0.29) is 28.4 Å². The third kappa shape index (κ3) is 5.59. The van der Waals surface area contributed by atoms with E-state index in [1.54, 1.807) is 0 Å². The van der Waals surface area contributed by atoms with Crippen LogP contribution < -0.4 is 25.5 Å². The highest BCUT2D eigenvalue weighted by molar-refractivity contribution is 7.33. The molecule has 0 spiro atoms. The molecule has 0 saturated heterocycles. The van der Waals surface area contributed by atoms with E-state index in [2.05, 4.69) is 184 Å². The molecule has 0 unspecified atom stereocenters. The molecule has 3 nitrogen and oxygen atoms in total. The molecule has 6 aromatic rings. The summed E-state index contributed by atoms with van der Waals surface area (Å²) >= 11 is 1.86. The number of anilines is 6. The van der Waals surface area contributed by atoms with Gasteiger partial charge in [0, 0.05) is 44.8 Å². The van der Waals surface area contributed by atoms with Crippen LogP contribution in [0.5, 0.6) is 0 Å². The second-order valence-corrected chi connectivity index (χ2v) is 20.1.